The van der Waals surface area contributed by atoms with Crippen molar-refractivity contribution in [2.45, 2.75) is 18.4 Å². The Morgan fingerprint density at radius 3 is 2.14 bits per heavy atom. The number of primary sulfonamides is 1. The number of methoxy groups -OCH3 is 1. The van der Waals surface area contributed by atoms with E-state index in [4.69, 9.17) is 9.88 Å². The quantitative estimate of drug-likeness (QED) is 0.660. The van der Waals surface area contributed by atoms with E-state index in [1.54, 1.807) is 0 Å². The number of fused-ring (bicyclic) bond motifs is 3. The summed E-state index contributed by atoms with van der Waals surface area (Å²) in [5.41, 5.74) is 4.29. The molecule has 3 rings (SSSR count). The number of carbonyl (C=O) groups excluding carboxylic acids is 2. The molecule has 1 unspecified atom stereocenters. The first kappa shape index (κ1) is 20.8. The number of hydrogen-bond acceptors (Lipinski definition) is 6. The molecule has 0 fully saturated rings. The fourth-order valence-electron chi connectivity index (χ4n) is 3.52. The topological polar surface area (TPSA) is 125 Å². The van der Waals surface area contributed by atoms with Crippen LogP contribution in [0.5, 0.6) is 0 Å². The summed E-state index contributed by atoms with van der Waals surface area (Å²) in [6.07, 6.45) is -1.17. The third-order valence-electron chi connectivity index (χ3n) is 4.74. The molecule has 3 N–H and O–H groups in total. The summed E-state index contributed by atoms with van der Waals surface area (Å²) in [4.78, 5) is 23.7. The van der Waals surface area contributed by atoms with Gasteiger partial charge in [0.1, 0.15) is 6.61 Å². The van der Waals surface area contributed by atoms with E-state index in [1.807, 2.05) is 48.5 Å². The summed E-state index contributed by atoms with van der Waals surface area (Å²) in [7, 11) is -2.74. The zero-order valence-electron chi connectivity index (χ0n) is 15.8. The molecular weight excluding hydrogens is 396 g/mol. The number of sulfonamides is 1. The van der Waals surface area contributed by atoms with E-state index in [2.05, 4.69) is 10.1 Å². The van der Waals surface area contributed by atoms with Crippen molar-refractivity contribution in [2.75, 3.05) is 19.5 Å². The van der Waals surface area contributed by atoms with Crippen molar-refractivity contribution < 1.29 is 27.5 Å². The van der Waals surface area contributed by atoms with Crippen LogP contribution in [0.15, 0.2) is 48.5 Å². The zero-order valence-corrected chi connectivity index (χ0v) is 16.6. The van der Waals surface area contributed by atoms with Gasteiger partial charge in [0, 0.05) is 5.92 Å². The molecule has 0 aliphatic heterocycles. The second-order valence-electron chi connectivity index (χ2n) is 6.78. The number of esters is 1. The molecule has 0 heterocycles. The van der Waals surface area contributed by atoms with Gasteiger partial charge in [-0.3, -0.25) is 4.79 Å². The van der Waals surface area contributed by atoms with Crippen LogP contribution in [0, 0.1) is 0 Å². The number of rotatable bonds is 7. The maximum absolute atomic E-state index is 12.3. The molecule has 2 aromatic carbocycles. The van der Waals surface area contributed by atoms with Gasteiger partial charge in [-0.1, -0.05) is 48.5 Å². The Labute approximate surface area is 169 Å². The van der Waals surface area contributed by atoms with E-state index < -0.39 is 33.9 Å². The van der Waals surface area contributed by atoms with Crippen LogP contribution in [-0.2, 0) is 24.3 Å². The van der Waals surface area contributed by atoms with Gasteiger partial charge in [0.15, 0.2) is 0 Å². The number of nitrogens with one attached hydrogen (secondary N) is 1. The van der Waals surface area contributed by atoms with Gasteiger partial charge in [-0.05, 0) is 22.3 Å². The maximum atomic E-state index is 12.3. The Morgan fingerprint density at radius 2 is 1.62 bits per heavy atom. The van der Waals surface area contributed by atoms with Crippen molar-refractivity contribution >= 4 is 22.1 Å². The molecule has 0 saturated heterocycles. The van der Waals surface area contributed by atoms with Crippen molar-refractivity contribution in [2.24, 2.45) is 5.14 Å². The highest BCUT2D eigenvalue weighted by molar-refractivity contribution is 7.89. The lowest BCUT2D eigenvalue weighted by Gasteiger charge is -2.18. The predicted octanol–water partition coefficient (Wildman–Crippen LogP) is 1.75. The lowest BCUT2D eigenvalue weighted by atomic mass is 9.98. The lowest BCUT2D eigenvalue weighted by Crippen LogP contribution is -2.43. The van der Waals surface area contributed by atoms with Crippen LogP contribution in [0.3, 0.4) is 0 Å². The summed E-state index contributed by atoms with van der Waals surface area (Å²) in [5, 5.41) is 7.43. The van der Waals surface area contributed by atoms with E-state index in [1.165, 1.54) is 7.11 Å². The predicted molar refractivity (Wildman–Crippen MR) is 107 cm³/mol. The fourth-order valence-corrected chi connectivity index (χ4v) is 4.29. The molecule has 9 heteroatoms. The highest BCUT2D eigenvalue weighted by Gasteiger charge is 2.29. The van der Waals surface area contributed by atoms with Gasteiger partial charge in [-0.15, -0.1) is 0 Å². The number of nitrogens with two attached hydrogens (primary N) is 1. The highest BCUT2D eigenvalue weighted by atomic mass is 32.2. The molecule has 0 saturated carbocycles. The van der Waals surface area contributed by atoms with Crippen LogP contribution >= 0.6 is 0 Å². The smallest absolute Gasteiger partial charge is 0.407 e. The number of amides is 1. The molecule has 1 aliphatic carbocycles. The van der Waals surface area contributed by atoms with Crippen molar-refractivity contribution in [1.29, 1.82) is 0 Å². The van der Waals surface area contributed by atoms with Gasteiger partial charge in [0.05, 0.1) is 25.3 Å². The lowest BCUT2D eigenvalue weighted by molar-refractivity contribution is -0.141. The third kappa shape index (κ3) is 5.12. The largest absolute Gasteiger partial charge is 0.469 e. The third-order valence-corrected chi connectivity index (χ3v) is 5.61. The van der Waals surface area contributed by atoms with Gasteiger partial charge in [0.2, 0.25) is 10.0 Å². The number of carbonyl (C=O) groups is 2. The van der Waals surface area contributed by atoms with Gasteiger partial charge >= 0.3 is 12.1 Å². The van der Waals surface area contributed by atoms with E-state index in [0.717, 1.165) is 22.3 Å². The molecule has 0 spiro atoms. The Kier molecular flexibility index (Phi) is 6.19. The van der Waals surface area contributed by atoms with Gasteiger partial charge in [-0.2, -0.15) is 0 Å². The number of ether oxygens (including phenoxy) is 2. The summed E-state index contributed by atoms with van der Waals surface area (Å²) in [6, 6.07) is 14.7. The van der Waals surface area contributed by atoms with Crippen molar-refractivity contribution in [3.8, 4) is 11.1 Å². The zero-order chi connectivity index (χ0) is 21.0. The molecule has 1 amide bonds. The minimum atomic E-state index is -3.91. The minimum Gasteiger partial charge on any atom is -0.469 e. The van der Waals surface area contributed by atoms with E-state index >= 15 is 0 Å². The molecule has 8 nitrogen and oxygen atoms in total. The van der Waals surface area contributed by atoms with E-state index in [0.29, 0.717) is 0 Å². The van der Waals surface area contributed by atoms with E-state index in [-0.39, 0.29) is 18.9 Å². The molecule has 29 heavy (non-hydrogen) atoms. The molecule has 0 radical (unpaired) electrons. The second kappa shape index (κ2) is 8.62. The molecule has 0 aromatic heterocycles. The van der Waals surface area contributed by atoms with E-state index in [9.17, 15) is 18.0 Å². The first-order valence-corrected chi connectivity index (χ1v) is 10.7. The summed E-state index contributed by atoms with van der Waals surface area (Å²) in [5.74, 6) is -1.41. The van der Waals surface area contributed by atoms with Crippen molar-refractivity contribution in [3.05, 3.63) is 59.7 Å². The molecule has 2 aromatic rings. The van der Waals surface area contributed by atoms with Crippen LogP contribution in [0.4, 0.5) is 4.79 Å². The SMILES string of the molecule is COC(=O)CC(CS(N)(=O)=O)NC(=O)OCC1c2ccccc2-c2ccccc21. The van der Waals surface area contributed by atoms with Crippen LogP contribution in [0.25, 0.3) is 11.1 Å². The first-order chi connectivity index (χ1) is 13.8. The van der Waals surface area contributed by atoms with Crippen molar-refractivity contribution in [1.82, 2.24) is 5.32 Å². The van der Waals surface area contributed by atoms with Crippen LogP contribution in [-0.4, -0.2) is 46.0 Å². The molecule has 0 bridgehead atoms. The van der Waals surface area contributed by atoms with Crippen LogP contribution < -0.4 is 10.5 Å². The van der Waals surface area contributed by atoms with Gasteiger partial charge < -0.3 is 14.8 Å². The average Bonchev–Trinajstić information content (AvgIpc) is 2.99. The number of benzene rings is 2. The maximum Gasteiger partial charge on any atom is 0.407 e. The van der Waals surface area contributed by atoms with Crippen LogP contribution in [0.2, 0.25) is 0 Å². The second-order valence-corrected chi connectivity index (χ2v) is 8.44. The Bertz CT molecular complexity index is 976. The van der Waals surface area contributed by atoms with Crippen molar-refractivity contribution in [3.63, 3.8) is 0 Å². The standard InChI is InChI=1S/C20H22N2O6S/c1-27-19(23)10-13(12-29(21,25)26)22-20(24)28-11-18-16-8-4-2-6-14(16)15-7-3-5-9-17(15)18/h2-9,13,18H,10-12H2,1H3,(H,22,24)(H2,21,25,26). The number of alkyl carbamates (subject to hydrolysis) is 1. The van der Waals surface area contributed by atoms with Crippen LogP contribution in [0.1, 0.15) is 23.5 Å². The summed E-state index contributed by atoms with van der Waals surface area (Å²) in [6.45, 7) is 0.0696. The monoisotopic (exact) mass is 418 g/mol. The Hall–Kier alpha value is -2.91. The summed E-state index contributed by atoms with van der Waals surface area (Å²) < 4.78 is 32.6. The summed E-state index contributed by atoms with van der Waals surface area (Å²) >= 11 is 0. The number of hydrogen-bond donors (Lipinski definition) is 2. The minimum absolute atomic E-state index is 0.0696. The Balaban J connectivity index is 1.69. The molecular formula is C20H22N2O6S. The molecule has 154 valence electrons. The Morgan fingerprint density at radius 1 is 1.07 bits per heavy atom. The normalized spacial score (nSPS) is 13.9. The molecule has 1 atom stereocenters. The first-order valence-electron chi connectivity index (χ1n) is 8.97. The highest BCUT2D eigenvalue weighted by Crippen LogP contribution is 2.44. The average molecular weight is 418 g/mol. The van der Waals surface area contributed by atoms with Gasteiger partial charge in [-0.25, -0.2) is 18.4 Å². The fraction of sp³-hybridized carbons (Fsp3) is 0.300. The molecule has 1 aliphatic rings. The van der Waals surface area contributed by atoms with Gasteiger partial charge in [0.25, 0.3) is 0 Å².